The van der Waals surface area contributed by atoms with Crippen LogP contribution in [0.5, 0.6) is 0 Å². The van der Waals surface area contributed by atoms with Crippen molar-refractivity contribution in [1.29, 1.82) is 0 Å². The maximum atomic E-state index is 4.27. The molecule has 0 saturated carbocycles. The van der Waals surface area contributed by atoms with E-state index in [2.05, 4.69) is 17.2 Å². The molecule has 3 heteroatoms. The molecule has 1 aliphatic rings. The summed E-state index contributed by atoms with van der Waals surface area (Å²) in [5, 5.41) is 6.61. The van der Waals surface area contributed by atoms with Crippen LogP contribution in [0.15, 0.2) is 11.6 Å². The van der Waals surface area contributed by atoms with Gasteiger partial charge in [-0.25, -0.2) is 4.98 Å². The predicted molar refractivity (Wildman–Crippen MR) is 46.8 cm³/mol. The van der Waals surface area contributed by atoms with Gasteiger partial charge in [0.05, 0.1) is 5.01 Å². The summed E-state index contributed by atoms with van der Waals surface area (Å²) in [5.41, 5.74) is 0.484. The van der Waals surface area contributed by atoms with E-state index in [1.165, 1.54) is 5.01 Å². The summed E-state index contributed by atoms with van der Waals surface area (Å²) < 4.78 is 0. The molecule has 1 aromatic rings. The average molecular weight is 168 g/mol. The highest BCUT2D eigenvalue weighted by Gasteiger charge is 2.32. The Kier molecular flexibility index (Phi) is 1.69. The molecule has 1 aromatic heterocycles. The van der Waals surface area contributed by atoms with Crippen LogP contribution in [-0.2, 0) is 6.42 Å². The Morgan fingerprint density at radius 3 is 3.00 bits per heavy atom. The summed E-state index contributed by atoms with van der Waals surface area (Å²) in [4.78, 5) is 4.27. The lowest BCUT2D eigenvalue weighted by molar-refractivity contribution is 0.195. The summed E-state index contributed by atoms with van der Waals surface area (Å²) in [6, 6.07) is 0. The van der Waals surface area contributed by atoms with Gasteiger partial charge in [-0.05, 0) is 5.41 Å². The van der Waals surface area contributed by atoms with Gasteiger partial charge in [0, 0.05) is 31.1 Å². The van der Waals surface area contributed by atoms with Crippen LogP contribution in [0.2, 0.25) is 0 Å². The topological polar surface area (TPSA) is 24.9 Å². The van der Waals surface area contributed by atoms with Crippen molar-refractivity contribution in [3.8, 4) is 0 Å². The lowest BCUT2D eigenvalue weighted by Gasteiger charge is -2.38. The number of hydrogen-bond acceptors (Lipinski definition) is 3. The van der Waals surface area contributed by atoms with E-state index >= 15 is 0 Å². The van der Waals surface area contributed by atoms with Crippen LogP contribution in [0.4, 0.5) is 0 Å². The van der Waals surface area contributed by atoms with E-state index in [-0.39, 0.29) is 0 Å². The molecule has 0 amide bonds. The molecule has 1 fully saturated rings. The van der Waals surface area contributed by atoms with E-state index < -0.39 is 0 Å². The Bertz CT molecular complexity index is 226. The Morgan fingerprint density at radius 2 is 2.55 bits per heavy atom. The lowest BCUT2D eigenvalue weighted by atomic mass is 9.81. The zero-order valence-corrected chi connectivity index (χ0v) is 7.45. The highest BCUT2D eigenvalue weighted by Crippen LogP contribution is 2.27. The number of aromatic nitrogens is 1. The molecule has 60 valence electrons. The Labute approximate surface area is 70.7 Å². The monoisotopic (exact) mass is 168 g/mol. The van der Waals surface area contributed by atoms with Crippen molar-refractivity contribution < 1.29 is 0 Å². The van der Waals surface area contributed by atoms with Crippen LogP contribution in [-0.4, -0.2) is 18.1 Å². The average Bonchev–Trinajstić information content (AvgIpc) is 2.36. The predicted octanol–water partition coefficient (Wildman–Crippen LogP) is 1.30. The van der Waals surface area contributed by atoms with Crippen molar-refractivity contribution in [3.05, 3.63) is 16.6 Å². The Morgan fingerprint density at radius 1 is 1.73 bits per heavy atom. The minimum atomic E-state index is 0.484. The Balaban J connectivity index is 2.00. The SMILES string of the molecule is CC1(Cc2nccs2)CNC1. The zero-order chi connectivity index (χ0) is 7.73. The highest BCUT2D eigenvalue weighted by atomic mass is 32.1. The van der Waals surface area contributed by atoms with Crippen LogP contribution in [0.25, 0.3) is 0 Å². The van der Waals surface area contributed by atoms with Crippen molar-refractivity contribution in [1.82, 2.24) is 10.3 Å². The van der Waals surface area contributed by atoms with Gasteiger partial charge >= 0.3 is 0 Å². The molecule has 0 aliphatic carbocycles. The zero-order valence-electron chi connectivity index (χ0n) is 6.63. The largest absolute Gasteiger partial charge is 0.316 e. The molecule has 1 aliphatic heterocycles. The number of nitrogens with one attached hydrogen (secondary N) is 1. The molecule has 1 saturated heterocycles. The van der Waals surface area contributed by atoms with Crippen LogP contribution < -0.4 is 5.32 Å². The summed E-state index contributed by atoms with van der Waals surface area (Å²) in [5.74, 6) is 0. The van der Waals surface area contributed by atoms with Crippen LogP contribution >= 0.6 is 11.3 Å². The molecule has 0 bridgehead atoms. The number of hydrogen-bond donors (Lipinski definition) is 1. The third kappa shape index (κ3) is 1.44. The van der Waals surface area contributed by atoms with Crippen molar-refractivity contribution in [3.63, 3.8) is 0 Å². The maximum Gasteiger partial charge on any atom is 0.0931 e. The van der Waals surface area contributed by atoms with E-state index in [4.69, 9.17) is 0 Å². The van der Waals surface area contributed by atoms with Crippen molar-refractivity contribution >= 4 is 11.3 Å². The molecule has 2 nitrogen and oxygen atoms in total. The van der Waals surface area contributed by atoms with Gasteiger partial charge in [-0.15, -0.1) is 11.3 Å². The first kappa shape index (κ1) is 7.25. The minimum Gasteiger partial charge on any atom is -0.316 e. The summed E-state index contributed by atoms with van der Waals surface area (Å²) >= 11 is 1.76. The molecule has 0 spiro atoms. The fourth-order valence-electron chi connectivity index (χ4n) is 1.38. The quantitative estimate of drug-likeness (QED) is 0.720. The Hall–Kier alpha value is -0.410. The minimum absolute atomic E-state index is 0.484. The molecule has 2 heterocycles. The van der Waals surface area contributed by atoms with Gasteiger partial charge in [-0.3, -0.25) is 0 Å². The standard InChI is InChI=1S/C8H12N2S/c1-8(5-9-6-8)4-7-10-2-3-11-7/h2-3,9H,4-6H2,1H3. The van der Waals surface area contributed by atoms with E-state index in [0.717, 1.165) is 19.5 Å². The van der Waals surface area contributed by atoms with E-state index in [0.29, 0.717) is 5.41 Å². The lowest BCUT2D eigenvalue weighted by Crippen LogP contribution is -2.52. The van der Waals surface area contributed by atoms with Crippen molar-refractivity contribution in [2.45, 2.75) is 13.3 Å². The first-order chi connectivity index (χ1) is 5.29. The molecular formula is C8H12N2S. The number of rotatable bonds is 2. The van der Waals surface area contributed by atoms with Crippen LogP contribution in [0, 0.1) is 5.41 Å². The molecular weight excluding hydrogens is 156 g/mol. The molecule has 2 rings (SSSR count). The van der Waals surface area contributed by atoms with Gasteiger partial charge in [-0.1, -0.05) is 6.92 Å². The normalized spacial score (nSPS) is 21.2. The van der Waals surface area contributed by atoms with Gasteiger partial charge in [0.25, 0.3) is 0 Å². The van der Waals surface area contributed by atoms with E-state index in [9.17, 15) is 0 Å². The van der Waals surface area contributed by atoms with Gasteiger partial charge < -0.3 is 5.32 Å². The number of thiazole rings is 1. The maximum absolute atomic E-state index is 4.27. The second-order valence-corrected chi connectivity index (χ2v) is 4.50. The molecule has 0 radical (unpaired) electrons. The fraction of sp³-hybridized carbons (Fsp3) is 0.625. The third-order valence-electron chi connectivity index (χ3n) is 2.17. The smallest absolute Gasteiger partial charge is 0.0931 e. The summed E-state index contributed by atoms with van der Waals surface area (Å²) in [7, 11) is 0. The second-order valence-electron chi connectivity index (χ2n) is 3.52. The van der Waals surface area contributed by atoms with Crippen LogP contribution in [0.3, 0.4) is 0 Å². The first-order valence-electron chi connectivity index (χ1n) is 3.88. The molecule has 11 heavy (non-hydrogen) atoms. The van der Waals surface area contributed by atoms with Crippen molar-refractivity contribution in [2.75, 3.05) is 13.1 Å². The van der Waals surface area contributed by atoms with Gasteiger partial charge in [0.2, 0.25) is 0 Å². The first-order valence-corrected chi connectivity index (χ1v) is 4.76. The van der Waals surface area contributed by atoms with Gasteiger partial charge in [0.15, 0.2) is 0 Å². The van der Waals surface area contributed by atoms with E-state index in [1.807, 2.05) is 11.6 Å². The highest BCUT2D eigenvalue weighted by molar-refractivity contribution is 7.09. The van der Waals surface area contributed by atoms with Crippen molar-refractivity contribution in [2.24, 2.45) is 5.41 Å². The second kappa shape index (κ2) is 2.57. The van der Waals surface area contributed by atoms with E-state index in [1.54, 1.807) is 11.3 Å². The summed E-state index contributed by atoms with van der Waals surface area (Å²) in [6.45, 7) is 4.60. The molecule has 1 N–H and O–H groups in total. The number of nitrogens with zero attached hydrogens (tertiary/aromatic N) is 1. The summed E-state index contributed by atoms with van der Waals surface area (Å²) in [6.07, 6.45) is 3.02. The molecule has 0 aromatic carbocycles. The fourth-order valence-corrected chi connectivity index (χ4v) is 2.21. The third-order valence-corrected chi connectivity index (χ3v) is 2.94. The molecule has 0 atom stereocenters. The van der Waals surface area contributed by atoms with Gasteiger partial charge in [-0.2, -0.15) is 0 Å². The van der Waals surface area contributed by atoms with Crippen LogP contribution in [0.1, 0.15) is 11.9 Å². The van der Waals surface area contributed by atoms with Gasteiger partial charge in [0.1, 0.15) is 0 Å². The molecule has 0 unspecified atom stereocenters.